The average molecular weight is 532 g/mol. The van der Waals surface area contributed by atoms with Crippen LogP contribution in [0.5, 0.6) is 6.01 Å². The molecule has 10 heteroatoms. The Balaban J connectivity index is 1.50. The van der Waals surface area contributed by atoms with Crippen LogP contribution >= 0.6 is 11.6 Å². The fraction of sp³-hybridized carbons (Fsp3) is 0.321. The van der Waals surface area contributed by atoms with Crippen molar-refractivity contribution in [2.24, 2.45) is 0 Å². The number of ether oxygens (including phenoxy) is 1. The molecule has 8 nitrogen and oxygen atoms in total. The minimum absolute atomic E-state index is 0.116. The van der Waals surface area contributed by atoms with Gasteiger partial charge >= 0.3 is 6.01 Å². The first-order chi connectivity index (χ1) is 18.5. The number of rotatable bonds is 6. The number of nitrogens with one attached hydrogen (secondary N) is 1. The van der Waals surface area contributed by atoms with E-state index in [9.17, 15) is 0 Å². The van der Waals surface area contributed by atoms with E-state index in [0.29, 0.717) is 34.0 Å². The van der Waals surface area contributed by atoms with Crippen LogP contribution in [0.25, 0.3) is 32.9 Å². The minimum atomic E-state index is -0.512. The Morgan fingerprint density at radius 1 is 1.16 bits per heavy atom. The third-order valence-corrected chi connectivity index (χ3v) is 7.47. The molecule has 1 atom stereocenters. The van der Waals surface area contributed by atoms with Gasteiger partial charge in [0.25, 0.3) is 0 Å². The summed E-state index contributed by atoms with van der Waals surface area (Å²) in [7, 11) is 0. The van der Waals surface area contributed by atoms with Gasteiger partial charge in [0.1, 0.15) is 17.2 Å². The lowest BCUT2D eigenvalue weighted by Crippen LogP contribution is -2.38. The number of anilines is 1. The Labute approximate surface area is 224 Å². The second kappa shape index (κ2) is 10.1. The topological polar surface area (TPSA) is 92.7 Å². The second-order valence-corrected chi connectivity index (χ2v) is 10.1. The van der Waals surface area contributed by atoms with Crippen LogP contribution in [0.2, 0.25) is 5.02 Å². The van der Waals surface area contributed by atoms with Crippen LogP contribution in [0.4, 0.5) is 10.2 Å². The third kappa shape index (κ3) is 4.41. The molecule has 3 aromatic heterocycles. The Kier molecular flexibility index (Phi) is 6.53. The zero-order chi connectivity index (χ0) is 26.2. The third-order valence-electron chi connectivity index (χ3n) is 7.17. The van der Waals surface area contributed by atoms with Crippen LogP contribution in [0, 0.1) is 12.7 Å². The molecule has 0 spiro atoms. The number of hydrogen-bond donors (Lipinski definition) is 1. The highest BCUT2D eigenvalue weighted by molar-refractivity contribution is 6.35. The predicted molar refractivity (Wildman–Crippen MR) is 146 cm³/mol. The van der Waals surface area contributed by atoms with E-state index in [1.165, 1.54) is 0 Å². The summed E-state index contributed by atoms with van der Waals surface area (Å²) in [6, 6.07) is 7.79. The summed E-state index contributed by atoms with van der Waals surface area (Å²) >= 11 is 6.83. The number of nitrogens with zero attached hydrogens (tertiary/aromatic N) is 6. The molecule has 0 unspecified atom stereocenters. The van der Waals surface area contributed by atoms with Gasteiger partial charge in [-0.2, -0.15) is 15.1 Å². The maximum Gasteiger partial charge on any atom is 0.319 e. The van der Waals surface area contributed by atoms with Gasteiger partial charge in [-0.15, -0.1) is 0 Å². The highest BCUT2D eigenvalue weighted by atomic mass is 35.5. The summed E-state index contributed by atoms with van der Waals surface area (Å²) in [6.45, 7) is 5.17. The molecule has 0 saturated carbocycles. The molecule has 0 amide bonds. The monoisotopic (exact) mass is 531 g/mol. The van der Waals surface area contributed by atoms with Gasteiger partial charge < -0.3 is 9.64 Å². The molecule has 5 aromatic rings. The van der Waals surface area contributed by atoms with E-state index in [4.69, 9.17) is 21.3 Å². The number of benzene rings is 2. The number of hydrogen-bond acceptors (Lipinski definition) is 7. The van der Waals surface area contributed by atoms with Crippen molar-refractivity contribution in [1.82, 2.24) is 30.1 Å². The van der Waals surface area contributed by atoms with Crippen molar-refractivity contribution in [2.75, 3.05) is 18.1 Å². The van der Waals surface area contributed by atoms with E-state index >= 15 is 4.39 Å². The van der Waals surface area contributed by atoms with Gasteiger partial charge in [0.2, 0.25) is 0 Å². The fourth-order valence-corrected chi connectivity index (χ4v) is 5.50. The zero-order valence-corrected chi connectivity index (χ0v) is 22.0. The number of halogens is 2. The SMILES string of the molecule is Cc1ccc2cn[nH]c2c1-c1c(Cl)cc2c(N3CCCC[C@@H]3C)nc(OCCc3ncccn3)nc2c1F. The molecule has 1 N–H and O–H groups in total. The van der Waals surface area contributed by atoms with Gasteiger partial charge in [-0.3, -0.25) is 5.10 Å². The molecule has 0 bridgehead atoms. The molecule has 0 radical (unpaired) electrons. The molecule has 1 aliphatic heterocycles. The van der Waals surface area contributed by atoms with Crippen LogP contribution < -0.4 is 9.64 Å². The van der Waals surface area contributed by atoms with Crippen molar-refractivity contribution in [3.05, 3.63) is 65.1 Å². The Morgan fingerprint density at radius 3 is 2.82 bits per heavy atom. The number of fused-ring (bicyclic) bond motifs is 2. The van der Waals surface area contributed by atoms with E-state index in [2.05, 4.69) is 37.0 Å². The van der Waals surface area contributed by atoms with Gasteiger partial charge in [-0.05, 0) is 50.8 Å². The van der Waals surface area contributed by atoms with Crippen LogP contribution in [0.3, 0.4) is 0 Å². The van der Waals surface area contributed by atoms with E-state index in [-0.39, 0.29) is 29.7 Å². The Bertz CT molecular complexity index is 1620. The van der Waals surface area contributed by atoms with Crippen molar-refractivity contribution in [3.63, 3.8) is 0 Å². The number of aromatic nitrogens is 6. The number of aryl methyl sites for hydroxylation is 1. The molecular weight excluding hydrogens is 505 g/mol. The van der Waals surface area contributed by atoms with Crippen LogP contribution in [-0.2, 0) is 6.42 Å². The first kappa shape index (κ1) is 24.5. The van der Waals surface area contributed by atoms with Crippen molar-refractivity contribution >= 4 is 39.2 Å². The molecule has 1 fully saturated rings. The standard InChI is InChI=1S/C28H27ClFN7O/c1-16-7-8-18-15-33-36-25(18)22(16)23-20(29)14-19-26(24(23)30)34-28(38-13-9-21-31-10-5-11-32-21)35-27(19)37-12-4-3-6-17(37)2/h5,7-8,10-11,14-15,17H,3-4,6,9,12-13H2,1-2H3,(H,33,36)/t17-/m0/s1. The zero-order valence-electron chi connectivity index (χ0n) is 21.2. The molecular formula is C28H27ClFN7O. The van der Waals surface area contributed by atoms with E-state index in [1.54, 1.807) is 30.7 Å². The summed E-state index contributed by atoms with van der Waals surface area (Å²) in [5.41, 5.74) is 2.73. The van der Waals surface area contributed by atoms with Crippen LogP contribution in [-0.4, -0.2) is 49.3 Å². The summed E-state index contributed by atoms with van der Waals surface area (Å²) < 4.78 is 22.5. The summed E-state index contributed by atoms with van der Waals surface area (Å²) in [5, 5.41) is 8.89. The Morgan fingerprint density at radius 2 is 2.00 bits per heavy atom. The Hall–Kier alpha value is -3.85. The molecule has 1 aliphatic rings. The van der Waals surface area contributed by atoms with Gasteiger partial charge in [0, 0.05) is 53.3 Å². The molecule has 194 valence electrons. The quantitative estimate of drug-likeness (QED) is 0.284. The van der Waals surface area contributed by atoms with Gasteiger partial charge in [0.05, 0.1) is 23.3 Å². The first-order valence-corrected chi connectivity index (χ1v) is 13.2. The maximum absolute atomic E-state index is 16.5. The van der Waals surface area contributed by atoms with Gasteiger partial charge in [0.15, 0.2) is 5.82 Å². The molecule has 38 heavy (non-hydrogen) atoms. The number of H-pyrrole nitrogens is 1. The van der Waals surface area contributed by atoms with Crippen LogP contribution in [0.1, 0.15) is 37.6 Å². The normalized spacial score (nSPS) is 15.9. The van der Waals surface area contributed by atoms with Crippen molar-refractivity contribution in [2.45, 2.75) is 45.6 Å². The maximum atomic E-state index is 16.5. The molecule has 1 saturated heterocycles. The van der Waals surface area contributed by atoms with Gasteiger partial charge in [-0.25, -0.2) is 14.4 Å². The smallest absolute Gasteiger partial charge is 0.319 e. The van der Waals surface area contributed by atoms with Crippen molar-refractivity contribution < 1.29 is 9.13 Å². The summed E-state index contributed by atoms with van der Waals surface area (Å²) in [5.74, 6) is 0.778. The fourth-order valence-electron chi connectivity index (χ4n) is 5.22. The average Bonchev–Trinajstić information content (AvgIpc) is 3.40. The first-order valence-electron chi connectivity index (χ1n) is 12.8. The van der Waals surface area contributed by atoms with E-state index in [0.717, 1.165) is 42.3 Å². The lowest BCUT2D eigenvalue weighted by Gasteiger charge is -2.35. The lowest BCUT2D eigenvalue weighted by molar-refractivity contribution is 0.294. The largest absolute Gasteiger partial charge is 0.463 e. The van der Waals surface area contributed by atoms with Crippen molar-refractivity contribution in [1.29, 1.82) is 0 Å². The van der Waals surface area contributed by atoms with Gasteiger partial charge in [-0.1, -0.05) is 23.7 Å². The summed E-state index contributed by atoms with van der Waals surface area (Å²) in [4.78, 5) is 20.0. The molecule has 4 heterocycles. The van der Waals surface area contributed by atoms with E-state index in [1.807, 2.05) is 19.1 Å². The molecule has 0 aliphatic carbocycles. The molecule has 2 aromatic carbocycles. The second-order valence-electron chi connectivity index (χ2n) is 9.67. The molecule has 6 rings (SSSR count). The number of aromatic amines is 1. The highest BCUT2D eigenvalue weighted by Crippen LogP contribution is 2.42. The van der Waals surface area contributed by atoms with Crippen molar-refractivity contribution in [3.8, 4) is 17.1 Å². The lowest BCUT2D eigenvalue weighted by atomic mass is 9.96. The minimum Gasteiger partial charge on any atom is -0.463 e. The van der Waals surface area contributed by atoms with Crippen LogP contribution in [0.15, 0.2) is 42.9 Å². The predicted octanol–water partition coefficient (Wildman–Crippen LogP) is 6.06. The van der Waals surface area contributed by atoms with E-state index < -0.39 is 5.82 Å². The number of piperidine rings is 1. The highest BCUT2D eigenvalue weighted by Gasteiger charge is 2.27. The summed E-state index contributed by atoms with van der Waals surface area (Å²) in [6.07, 6.45) is 8.78.